The summed E-state index contributed by atoms with van der Waals surface area (Å²) in [6.07, 6.45) is 3.66. The van der Waals surface area contributed by atoms with E-state index in [-0.39, 0.29) is 24.2 Å². The van der Waals surface area contributed by atoms with E-state index in [1.807, 2.05) is 48.5 Å². The fraction of sp³-hybridized carbons (Fsp3) is 0.227. The number of carbonyl (C=O) groups excluding carboxylic acids is 2. The number of methoxy groups -OCH3 is 1. The van der Waals surface area contributed by atoms with E-state index in [9.17, 15) is 9.59 Å². The molecule has 1 saturated heterocycles. The molecule has 1 fully saturated rings. The number of amides is 2. The van der Waals surface area contributed by atoms with Crippen LogP contribution in [0.4, 0.5) is 5.69 Å². The van der Waals surface area contributed by atoms with Crippen molar-refractivity contribution < 1.29 is 14.3 Å². The van der Waals surface area contributed by atoms with Crippen LogP contribution < -0.4 is 10.1 Å². The number of rotatable bonds is 6. The Kier molecular flexibility index (Phi) is 5.29. The van der Waals surface area contributed by atoms with Gasteiger partial charge in [-0.3, -0.25) is 9.59 Å². The molecular weight excluding hydrogens is 368 g/mol. The number of aromatic nitrogens is 2. The average molecular weight is 390 g/mol. The summed E-state index contributed by atoms with van der Waals surface area (Å²) in [6, 6.07) is 15.1. The number of aromatic amines is 1. The zero-order chi connectivity index (χ0) is 20.2. The molecule has 1 aliphatic heterocycles. The van der Waals surface area contributed by atoms with Gasteiger partial charge in [-0.15, -0.1) is 0 Å². The standard InChI is InChI=1S/C22H22N4O3/c1-29-19-7-5-15(6-8-19)13-26-14-17(12-20(26)27)22(28)25-18-4-2-3-16(11-18)21-23-9-10-24-21/h2-11,17H,12-14H2,1H3,(H,23,24)(H,25,28). The number of nitrogens with one attached hydrogen (secondary N) is 2. The second kappa shape index (κ2) is 8.18. The van der Waals surface area contributed by atoms with E-state index in [0.717, 1.165) is 22.7 Å². The van der Waals surface area contributed by atoms with Crippen molar-refractivity contribution in [2.45, 2.75) is 13.0 Å². The lowest BCUT2D eigenvalue weighted by Crippen LogP contribution is -2.28. The van der Waals surface area contributed by atoms with Gasteiger partial charge in [-0.25, -0.2) is 4.98 Å². The number of imidazole rings is 1. The molecule has 1 aromatic heterocycles. The Morgan fingerprint density at radius 1 is 1.28 bits per heavy atom. The second-order valence-electron chi connectivity index (χ2n) is 7.03. The lowest BCUT2D eigenvalue weighted by atomic mass is 10.1. The molecule has 0 saturated carbocycles. The monoisotopic (exact) mass is 390 g/mol. The summed E-state index contributed by atoms with van der Waals surface area (Å²) >= 11 is 0. The second-order valence-corrected chi connectivity index (χ2v) is 7.03. The van der Waals surface area contributed by atoms with Crippen molar-refractivity contribution in [2.24, 2.45) is 5.92 Å². The maximum absolute atomic E-state index is 12.7. The number of nitrogens with zero attached hydrogens (tertiary/aromatic N) is 2. The van der Waals surface area contributed by atoms with Crippen molar-refractivity contribution >= 4 is 17.5 Å². The van der Waals surface area contributed by atoms with Gasteiger partial charge in [-0.2, -0.15) is 0 Å². The van der Waals surface area contributed by atoms with Gasteiger partial charge in [0.05, 0.1) is 13.0 Å². The maximum Gasteiger partial charge on any atom is 0.229 e. The van der Waals surface area contributed by atoms with Gasteiger partial charge in [0.25, 0.3) is 0 Å². The first kappa shape index (κ1) is 18.7. The van der Waals surface area contributed by atoms with E-state index >= 15 is 0 Å². The first-order valence-electron chi connectivity index (χ1n) is 9.44. The number of hydrogen-bond donors (Lipinski definition) is 2. The molecule has 7 nitrogen and oxygen atoms in total. The lowest BCUT2D eigenvalue weighted by Gasteiger charge is -2.17. The van der Waals surface area contributed by atoms with Crippen LogP contribution in [0.15, 0.2) is 60.9 Å². The largest absolute Gasteiger partial charge is 0.497 e. The Balaban J connectivity index is 1.38. The van der Waals surface area contributed by atoms with E-state index in [4.69, 9.17) is 4.74 Å². The third-order valence-electron chi connectivity index (χ3n) is 5.02. The molecule has 2 amide bonds. The molecule has 1 atom stereocenters. The summed E-state index contributed by atoms with van der Waals surface area (Å²) in [7, 11) is 1.62. The molecule has 1 unspecified atom stereocenters. The van der Waals surface area contributed by atoms with Crippen LogP contribution in [-0.4, -0.2) is 40.3 Å². The van der Waals surface area contributed by atoms with Gasteiger partial charge in [0, 0.05) is 43.2 Å². The number of anilines is 1. The van der Waals surface area contributed by atoms with Crippen molar-refractivity contribution in [3.05, 3.63) is 66.5 Å². The van der Waals surface area contributed by atoms with Gasteiger partial charge in [-0.05, 0) is 29.8 Å². The quantitative estimate of drug-likeness (QED) is 0.677. The van der Waals surface area contributed by atoms with E-state index in [1.54, 1.807) is 24.4 Å². The van der Waals surface area contributed by atoms with Crippen LogP contribution >= 0.6 is 0 Å². The number of hydrogen-bond acceptors (Lipinski definition) is 4. The fourth-order valence-electron chi connectivity index (χ4n) is 3.46. The van der Waals surface area contributed by atoms with Crippen LogP contribution in [0.3, 0.4) is 0 Å². The van der Waals surface area contributed by atoms with Crippen molar-refractivity contribution in [1.82, 2.24) is 14.9 Å². The summed E-state index contributed by atoms with van der Waals surface area (Å²) in [5.74, 6) is 0.990. The minimum atomic E-state index is -0.368. The highest BCUT2D eigenvalue weighted by molar-refractivity contribution is 5.97. The predicted molar refractivity (Wildman–Crippen MR) is 109 cm³/mol. The summed E-state index contributed by atoms with van der Waals surface area (Å²) in [6.45, 7) is 0.898. The molecule has 0 bridgehead atoms. The van der Waals surface area contributed by atoms with Crippen molar-refractivity contribution in [2.75, 3.05) is 19.0 Å². The fourth-order valence-corrected chi connectivity index (χ4v) is 3.46. The number of likely N-dealkylation sites (tertiary alicyclic amines) is 1. The Hall–Kier alpha value is -3.61. The first-order chi connectivity index (χ1) is 14.1. The summed E-state index contributed by atoms with van der Waals surface area (Å²) in [5.41, 5.74) is 2.58. The summed E-state index contributed by atoms with van der Waals surface area (Å²) in [4.78, 5) is 34.1. The van der Waals surface area contributed by atoms with Crippen molar-refractivity contribution in [3.8, 4) is 17.1 Å². The summed E-state index contributed by atoms with van der Waals surface area (Å²) in [5, 5.41) is 2.93. The van der Waals surface area contributed by atoms with E-state index in [2.05, 4.69) is 15.3 Å². The third-order valence-corrected chi connectivity index (χ3v) is 5.02. The third kappa shape index (κ3) is 4.29. The highest BCUT2D eigenvalue weighted by atomic mass is 16.5. The highest BCUT2D eigenvalue weighted by Gasteiger charge is 2.34. The predicted octanol–water partition coefficient (Wildman–Crippen LogP) is 3.07. The zero-order valence-electron chi connectivity index (χ0n) is 16.1. The summed E-state index contributed by atoms with van der Waals surface area (Å²) < 4.78 is 5.16. The number of carbonyl (C=O) groups is 2. The SMILES string of the molecule is COc1ccc(CN2CC(C(=O)Nc3cccc(-c4ncc[nH]4)c3)CC2=O)cc1. The van der Waals surface area contributed by atoms with Crippen LogP contribution in [-0.2, 0) is 16.1 Å². The smallest absolute Gasteiger partial charge is 0.229 e. The molecule has 3 aromatic rings. The molecule has 2 N–H and O–H groups in total. The molecule has 0 aliphatic carbocycles. The molecule has 29 heavy (non-hydrogen) atoms. The number of benzene rings is 2. The minimum absolute atomic E-state index is 0.00898. The number of H-pyrrole nitrogens is 1. The highest BCUT2D eigenvalue weighted by Crippen LogP contribution is 2.24. The molecule has 7 heteroatoms. The van der Waals surface area contributed by atoms with Crippen molar-refractivity contribution in [3.63, 3.8) is 0 Å². The normalized spacial score (nSPS) is 16.1. The topological polar surface area (TPSA) is 87.3 Å². The van der Waals surface area contributed by atoms with Gasteiger partial charge in [0.1, 0.15) is 11.6 Å². The van der Waals surface area contributed by atoms with E-state index < -0.39 is 0 Å². The molecule has 2 heterocycles. The molecule has 4 rings (SSSR count). The maximum atomic E-state index is 12.7. The molecule has 0 radical (unpaired) electrons. The van der Waals surface area contributed by atoms with Crippen LogP contribution in [0.2, 0.25) is 0 Å². The van der Waals surface area contributed by atoms with Crippen molar-refractivity contribution in [1.29, 1.82) is 0 Å². The lowest BCUT2D eigenvalue weighted by molar-refractivity contribution is -0.128. The Bertz CT molecular complexity index is 999. The van der Waals surface area contributed by atoms with Crippen LogP contribution in [0.5, 0.6) is 5.75 Å². The average Bonchev–Trinajstić information content (AvgIpc) is 3.39. The molecule has 1 aliphatic rings. The zero-order valence-corrected chi connectivity index (χ0v) is 16.1. The van der Waals surface area contributed by atoms with Gasteiger partial charge in [0.15, 0.2) is 0 Å². The van der Waals surface area contributed by atoms with E-state index in [1.165, 1.54) is 0 Å². The Labute approximate surface area is 168 Å². The minimum Gasteiger partial charge on any atom is -0.497 e. The molecule has 0 spiro atoms. The van der Waals surface area contributed by atoms with Crippen LogP contribution in [0.25, 0.3) is 11.4 Å². The van der Waals surface area contributed by atoms with Gasteiger partial charge >= 0.3 is 0 Å². The van der Waals surface area contributed by atoms with E-state index in [0.29, 0.717) is 18.8 Å². The Morgan fingerprint density at radius 3 is 2.83 bits per heavy atom. The molecule has 148 valence electrons. The van der Waals surface area contributed by atoms with Gasteiger partial charge < -0.3 is 19.9 Å². The van der Waals surface area contributed by atoms with Gasteiger partial charge in [0.2, 0.25) is 11.8 Å². The van der Waals surface area contributed by atoms with Gasteiger partial charge in [-0.1, -0.05) is 24.3 Å². The van der Waals surface area contributed by atoms with Crippen LogP contribution in [0.1, 0.15) is 12.0 Å². The Morgan fingerprint density at radius 2 is 2.10 bits per heavy atom. The van der Waals surface area contributed by atoms with Crippen LogP contribution in [0, 0.1) is 5.92 Å². The first-order valence-corrected chi connectivity index (χ1v) is 9.44. The molecule has 2 aromatic carbocycles. The number of ether oxygens (including phenoxy) is 1. The molecular formula is C22H22N4O3.